The van der Waals surface area contributed by atoms with Crippen LogP contribution in [0, 0.1) is 11.2 Å². The second kappa shape index (κ2) is 12.3. The number of aromatic nitrogens is 3. The van der Waals surface area contributed by atoms with Gasteiger partial charge < -0.3 is 14.5 Å². The van der Waals surface area contributed by atoms with Crippen molar-refractivity contribution >= 4 is 55.7 Å². The maximum absolute atomic E-state index is 13.6. The van der Waals surface area contributed by atoms with Crippen LogP contribution in [0.25, 0.3) is 22.0 Å². The van der Waals surface area contributed by atoms with E-state index in [1.165, 1.54) is 32.5 Å². The molecule has 4 aromatic rings. The first-order valence-electron chi connectivity index (χ1n) is 14.5. The van der Waals surface area contributed by atoms with Gasteiger partial charge in [0.1, 0.15) is 28.5 Å². The van der Waals surface area contributed by atoms with Crippen molar-refractivity contribution in [2.45, 2.75) is 24.7 Å². The molecule has 14 heteroatoms. The molecule has 2 fully saturated rings. The number of sulfonamides is 1. The van der Waals surface area contributed by atoms with E-state index in [0.29, 0.717) is 18.7 Å². The maximum Gasteiger partial charge on any atom is 0.263 e. The fourth-order valence-electron chi connectivity index (χ4n) is 5.94. The van der Waals surface area contributed by atoms with Crippen LogP contribution in [0.5, 0.6) is 5.88 Å². The first kappa shape index (κ1) is 31.4. The van der Waals surface area contributed by atoms with E-state index in [-0.39, 0.29) is 38.6 Å². The minimum atomic E-state index is -4.20. The highest BCUT2D eigenvalue weighted by Crippen LogP contribution is 2.42. The monoisotopic (exact) mass is 664 g/mol. The molecule has 0 saturated carbocycles. The van der Waals surface area contributed by atoms with E-state index < -0.39 is 15.8 Å². The Morgan fingerprint density at radius 3 is 2.48 bits per heavy atom. The molecule has 238 valence electrons. The molecule has 0 radical (unpaired) electrons. The summed E-state index contributed by atoms with van der Waals surface area (Å²) in [6.07, 6.45) is 7.54. The van der Waals surface area contributed by atoms with Gasteiger partial charge in [-0.25, -0.2) is 27.8 Å². The number of nitrogens with zero attached hydrogens (tertiary/aromatic N) is 5. The molecule has 2 aliphatic rings. The van der Waals surface area contributed by atoms with Crippen molar-refractivity contribution in [1.82, 2.24) is 19.9 Å². The number of nitrogens with one attached hydrogen (secondary N) is 1. The van der Waals surface area contributed by atoms with Crippen LogP contribution in [0.15, 0.2) is 72.0 Å². The van der Waals surface area contributed by atoms with Crippen LogP contribution in [0.4, 0.5) is 15.9 Å². The highest BCUT2D eigenvalue weighted by Gasteiger charge is 2.46. The standard InChI is InChI=1S/C32H30ClFN6O5S/c1-20(41)3-8-29(42)40-17-32(18-40)9-11-39(12-10-32)30-24-13-21(4-6-26(24)36-19-37-30)22-14-27(31(45-2)35-16-22)38-46(43,44)28-7-5-23(34)15-25(28)33/h3-8,13-16,19,38H,9-12,17-18H2,1-2H3/b8-3+. The second-order valence-corrected chi connectivity index (χ2v) is 13.6. The van der Waals surface area contributed by atoms with Crippen LogP contribution < -0.4 is 14.4 Å². The smallest absolute Gasteiger partial charge is 0.263 e. The van der Waals surface area contributed by atoms with E-state index in [1.54, 1.807) is 17.2 Å². The Bertz CT molecular complexity index is 1990. The van der Waals surface area contributed by atoms with E-state index in [2.05, 4.69) is 24.6 Å². The number of amides is 1. The van der Waals surface area contributed by atoms with Gasteiger partial charge in [0.15, 0.2) is 5.78 Å². The molecule has 2 saturated heterocycles. The molecule has 1 amide bonds. The number of halogens is 2. The number of piperidine rings is 1. The van der Waals surface area contributed by atoms with Crippen LogP contribution >= 0.6 is 11.6 Å². The number of hydrogen-bond acceptors (Lipinski definition) is 9. The zero-order chi connectivity index (χ0) is 32.6. The molecule has 0 aliphatic carbocycles. The summed E-state index contributed by atoms with van der Waals surface area (Å²) in [5.74, 6) is -0.121. The number of carbonyl (C=O) groups excluding carboxylic acids is 2. The van der Waals surface area contributed by atoms with Crippen LogP contribution in [0.1, 0.15) is 19.8 Å². The second-order valence-electron chi connectivity index (χ2n) is 11.5. The highest BCUT2D eigenvalue weighted by atomic mass is 35.5. The molecule has 1 spiro atoms. The predicted octanol–water partition coefficient (Wildman–Crippen LogP) is 4.87. The molecular weight excluding hydrogens is 635 g/mol. The highest BCUT2D eigenvalue weighted by molar-refractivity contribution is 7.92. The molecule has 6 rings (SSSR count). The quantitative estimate of drug-likeness (QED) is 0.262. The predicted molar refractivity (Wildman–Crippen MR) is 172 cm³/mol. The summed E-state index contributed by atoms with van der Waals surface area (Å²) in [5, 5.41) is 0.568. The average molecular weight is 665 g/mol. The largest absolute Gasteiger partial charge is 0.480 e. The van der Waals surface area contributed by atoms with Crippen molar-refractivity contribution in [1.29, 1.82) is 0 Å². The van der Waals surface area contributed by atoms with Crippen LogP contribution in [0.3, 0.4) is 0 Å². The average Bonchev–Trinajstić information content (AvgIpc) is 3.01. The van der Waals surface area contributed by atoms with Gasteiger partial charge in [0.2, 0.25) is 11.8 Å². The van der Waals surface area contributed by atoms with Crippen molar-refractivity contribution in [2.24, 2.45) is 5.41 Å². The molecule has 2 aromatic heterocycles. The third-order valence-electron chi connectivity index (χ3n) is 8.37. The number of methoxy groups -OCH3 is 1. The van der Waals surface area contributed by atoms with Gasteiger partial charge in [-0.3, -0.25) is 14.3 Å². The number of hydrogen-bond donors (Lipinski definition) is 1. The summed E-state index contributed by atoms with van der Waals surface area (Å²) < 4.78 is 47.7. The number of benzene rings is 2. The molecule has 11 nitrogen and oxygen atoms in total. The number of likely N-dealkylation sites (tertiary alicyclic amines) is 1. The van der Waals surface area contributed by atoms with E-state index in [1.807, 2.05) is 18.2 Å². The molecule has 1 N–H and O–H groups in total. The molecule has 0 unspecified atom stereocenters. The number of anilines is 2. The Morgan fingerprint density at radius 1 is 1.02 bits per heavy atom. The Kier molecular flexibility index (Phi) is 8.38. The summed E-state index contributed by atoms with van der Waals surface area (Å²) in [5.41, 5.74) is 2.24. The van der Waals surface area contributed by atoms with E-state index in [0.717, 1.165) is 66.4 Å². The zero-order valence-corrected chi connectivity index (χ0v) is 26.6. The summed E-state index contributed by atoms with van der Waals surface area (Å²) in [6, 6.07) is 10.3. The SMILES string of the molecule is COc1ncc(-c2ccc3ncnc(N4CCC5(CC4)CN(C(=O)/C=C/C(C)=O)C5)c3c2)cc1NS(=O)(=O)c1ccc(F)cc1Cl. The number of rotatable bonds is 8. The van der Waals surface area contributed by atoms with Crippen molar-refractivity contribution < 1.29 is 27.1 Å². The fraction of sp³-hybridized carbons (Fsp3) is 0.281. The topological polar surface area (TPSA) is 135 Å². The number of allylic oxidation sites excluding steroid dienone is 1. The number of ketones is 1. The number of pyridine rings is 1. The first-order valence-corrected chi connectivity index (χ1v) is 16.3. The lowest BCUT2D eigenvalue weighted by atomic mass is 9.72. The van der Waals surface area contributed by atoms with Gasteiger partial charge in [-0.2, -0.15) is 0 Å². The fourth-order valence-corrected chi connectivity index (χ4v) is 7.52. The van der Waals surface area contributed by atoms with Crippen molar-refractivity contribution in [2.75, 3.05) is 42.9 Å². The van der Waals surface area contributed by atoms with Crippen molar-refractivity contribution in [3.8, 4) is 17.0 Å². The lowest BCUT2D eigenvalue weighted by Gasteiger charge is -2.54. The van der Waals surface area contributed by atoms with Gasteiger partial charge in [-0.05, 0) is 67.8 Å². The molecular formula is C32H30ClFN6O5S. The van der Waals surface area contributed by atoms with Gasteiger partial charge in [0, 0.05) is 54.8 Å². The van der Waals surface area contributed by atoms with Crippen molar-refractivity contribution in [3.63, 3.8) is 0 Å². The minimum absolute atomic E-state index is 0.0451. The Hall–Kier alpha value is -4.62. The summed E-state index contributed by atoms with van der Waals surface area (Å²) >= 11 is 6.03. The Labute approximate surface area is 270 Å². The maximum atomic E-state index is 13.6. The molecule has 4 heterocycles. The van der Waals surface area contributed by atoms with E-state index in [4.69, 9.17) is 16.3 Å². The van der Waals surface area contributed by atoms with Crippen LogP contribution in [0.2, 0.25) is 5.02 Å². The van der Waals surface area contributed by atoms with Gasteiger partial charge >= 0.3 is 0 Å². The van der Waals surface area contributed by atoms with E-state index in [9.17, 15) is 22.4 Å². The minimum Gasteiger partial charge on any atom is -0.480 e. The number of carbonyl (C=O) groups is 2. The number of fused-ring (bicyclic) bond motifs is 1. The summed E-state index contributed by atoms with van der Waals surface area (Å²) in [6.45, 7) is 4.26. The van der Waals surface area contributed by atoms with Crippen molar-refractivity contribution in [3.05, 3.63) is 78.0 Å². The third kappa shape index (κ3) is 6.24. The summed E-state index contributed by atoms with van der Waals surface area (Å²) in [4.78, 5) is 40.6. The van der Waals surface area contributed by atoms with Gasteiger partial charge in [0.25, 0.3) is 10.0 Å². The summed E-state index contributed by atoms with van der Waals surface area (Å²) in [7, 11) is -2.83. The van der Waals surface area contributed by atoms with Gasteiger partial charge in [0.05, 0.1) is 17.6 Å². The van der Waals surface area contributed by atoms with E-state index >= 15 is 0 Å². The molecule has 0 atom stereocenters. The Morgan fingerprint density at radius 2 is 1.78 bits per heavy atom. The molecule has 2 aliphatic heterocycles. The molecule has 46 heavy (non-hydrogen) atoms. The first-order chi connectivity index (χ1) is 22.0. The van der Waals surface area contributed by atoms with Gasteiger partial charge in [-0.15, -0.1) is 0 Å². The third-order valence-corrected chi connectivity index (χ3v) is 10.2. The lowest BCUT2D eigenvalue weighted by molar-refractivity contribution is -0.139. The Balaban J connectivity index is 1.23. The normalized spacial score (nSPS) is 16.1. The number of ether oxygens (including phenoxy) is 1. The van der Waals surface area contributed by atoms with Crippen LogP contribution in [-0.4, -0.2) is 73.2 Å². The zero-order valence-electron chi connectivity index (χ0n) is 25.0. The molecule has 0 bridgehead atoms. The van der Waals surface area contributed by atoms with Crippen LogP contribution in [-0.2, 0) is 19.6 Å². The molecule has 2 aromatic carbocycles. The lowest BCUT2D eigenvalue weighted by Crippen LogP contribution is -2.61. The van der Waals surface area contributed by atoms with Gasteiger partial charge in [-0.1, -0.05) is 17.7 Å².